The summed E-state index contributed by atoms with van der Waals surface area (Å²) in [5.74, 6) is 1.42. The minimum absolute atomic E-state index is 0.265. The van der Waals surface area contributed by atoms with Crippen LogP contribution < -0.4 is 0 Å². The van der Waals surface area contributed by atoms with Crippen molar-refractivity contribution in [3.63, 3.8) is 0 Å². The van der Waals surface area contributed by atoms with Gasteiger partial charge in [-0.3, -0.25) is 9.48 Å². The van der Waals surface area contributed by atoms with Crippen molar-refractivity contribution in [2.24, 2.45) is 11.8 Å². The Bertz CT molecular complexity index is 495. The summed E-state index contributed by atoms with van der Waals surface area (Å²) < 4.78 is 3.03. The van der Waals surface area contributed by atoms with E-state index in [4.69, 9.17) is 0 Å². The van der Waals surface area contributed by atoms with Gasteiger partial charge in [0.15, 0.2) is 0 Å². The van der Waals surface area contributed by atoms with Gasteiger partial charge in [-0.15, -0.1) is 0 Å². The largest absolute Gasteiger partial charge is 0.299 e. The third-order valence-electron chi connectivity index (χ3n) is 4.85. The van der Waals surface area contributed by atoms with Crippen molar-refractivity contribution in [1.29, 1.82) is 0 Å². The Morgan fingerprint density at radius 2 is 2.10 bits per heavy atom. The predicted molar refractivity (Wildman–Crippen MR) is 89.4 cm³/mol. The maximum atomic E-state index is 12.7. The highest BCUT2D eigenvalue weighted by atomic mass is 79.9. The second kappa shape index (κ2) is 7.57. The molecule has 2 unspecified atom stereocenters. The van der Waals surface area contributed by atoms with Crippen molar-refractivity contribution in [3.8, 4) is 0 Å². The molecule has 0 N–H and O–H groups in total. The Balaban J connectivity index is 2.10. The normalized spacial score (nSPS) is 22.5. The van der Waals surface area contributed by atoms with E-state index in [0.717, 1.165) is 47.6 Å². The molecule has 1 saturated carbocycles. The molecule has 0 spiro atoms. The van der Waals surface area contributed by atoms with Gasteiger partial charge < -0.3 is 0 Å². The quantitative estimate of drug-likeness (QED) is 0.750. The van der Waals surface area contributed by atoms with Crippen LogP contribution in [0.3, 0.4) is 0 Å². The number of Topliss-reactive ketones (excluding diaryl/α,β-unsaturated/α-hetero) is 1. The zero-order chi connectivity index (χ0) is 15.4. The van der Waals surface area contributed by atoms with Crippen molar-refractivity contribution >= 4 is 21.7 Å². The highest BCUT2D eigenvalue weighted by molar-refractivity contribution is 9.10. The van der Waals surface area contributed by atoms with E-state index < -0.39 is 0 Å². The van der Waals surface area contributed by atoms with E-state index in [2.05, 4.69) is 41.8 Å². The van der Waals surface area contributed by atoms with Gasteiger partial charge >= 0.3 is 0 Å². The van der Waals surface area contributed by atoms with E-state index in [-0.39, 0.29) is 5.92 Å². The van der Waals surface area contributed by atoms with Crippen LogP contribution in [0.1, 0.15) is 64.3 Å². The summed E-state index contributed by atoms with van der Waals surface area (Å²) in [5, 5.41) is 4.59. The molecule has 1 aliphatic carbocycles. The van der Waals surface area contributed by atoms with Crippen molar-refractivity contribution in [2.45, 2.75) is 72.3 Å². The monoisotopic (exact) mass is 354 g/mol. The van der Waals surface area contributed by atoms with Gasteiger partial charge in [0.05, 0.1) is 15.9 Å². The molecule has 3 nitrogen and oxygen atoms in total. The van der Waals surface area contributed by atoms with Crippen molar-refractivity contribution < 1.29 is 4.79 Å². The molecule has 2 atom stereocenters. The summed E-state index contributed by atoms with van der Waals surface area (Å²) in [4.78, 5) is 12.7. The first-order valence-corrected chi connectivity index (χ1v) is 9.16. The Morgan fingerprint density at radius 1 is 1.33 bits per heavy atom. The van der Waals surface area contributed by atoms with Crippen LogP contribution in [0.4, 0.5) is 0 Å². The van der Waals surface area contributed by atoms with Crippen LogP contribution >= 0.6 is 15.9 Å². The number of rotatable bonds is 6. The van der Waals surface area contributed by atoms with E-state index in [1.54, 1.807) is 0 Å². The number of carbonyl (C=O) groups excluding carboxylic acids is 1. The molecule has 1 heterocycles. The lowest BCUT2D eigenvalue weighted by atomic mass is 9.77. The van der Waals surface area contributed by atoms with Gasteiger partial charge in [0.25, 0.3) is 0 Å². The molecule has 1 fully saturated rings. The average molecular weight is 355 g/mol. The van der Waals surface area contributed by atoms with Gasteiger partial charge in [-0.2, -0.15) is 5.10 Å². The van der Waals surface area contributed by atoms with Gasteiger partial charge in [0.2, 0.25) is 0 Å². The molecule has 21 heavy (non-hydrogen) atoms. The fourth-order valence-corrected chi connectivity index (χ4v) is 4.15. The van der Waals surface area contributed by atoms with Gasteiger partial charge in [0.1, 0.15) is 5.78 Å². The van der Waals surface area contributed by atoms with Gasteiger partial charge in [0, 0.05) is 18.9 Å². The highest BCUT2D eigenvalue weighted by Gasteiger charge is 2.28. The Hall–Kier alpha value is -0.640. The molecule has 0 aliphatic heterocycles. The highest BCUT2D eigenvalue weighted by Crippen LogP contribution is 2.33. The third-order valence-corrected chi connectivity index (χ3v) is 5.77. The van der Waals surface area contributed by atoms with E-state index >= 15 is 0 Å². The summed E-state index contributed by atoms with van der Waals surface area (Å²) in [6.45, 7) is 7.25. The first-order valence-electron chi connectivity index (χ1n) is 8.37. The van der Waals surface area contributed by atoms with Crippen LogP contribution in [0.2, 0.25) is 0 Å². The van der Waals surface area contributed by atoms with Crippen LogP contribution in [0, 0.1) is 11.8 Å². The molecule has 0 aromatic carbocycles. The van der Waals surface area contributed by atoms with Gasteiger partial charge in [-0.25, -0.2) is 0 Å². The van der Waals surface area contributed by atoms with E-state index in [1.807, 2.05) is 4.68 Å². The van der Waals surface area contributed by atoms with Gasteiger partial charge in [-0.1, -0.05) is 33.1 Å². The first kappa shape index (κ1) is 16.7. The summed E-state index contributed by atoms with van der Waals surface area (Å²) in [6, 6.07) is 0. The number of halogens is 1. The molecule has 0 saturated heterocycles. The minimum atomic E-state index is 0.265. The molecule has 0 bridgehead atoms. The van der Waals surface area contributed by atoms with Crippen LogP contribution in [-0.2, 0) is 24.2 Å². The molecular formula is C17H27BrN2O. The lowest BCUT2D eigenvalue weighted by molar-refractivity contribution is -0.123. The Labute approximate surface area is 136 Å². The number of aryl methyl sites for hydroxylation is 2. The molecule has 1 aliphatic rings. The standard InChI is InChI=1S/C17H27BrN2O/c1-4-12-8-7-9-13(10-12)16(21)11-15-17(18)14(5-2)19-20(15)6-3/h12-13H,4-11H2,1-3H3. The molecule has 2 rings (SSSR count). The third kappa shape index (κ3) is 3.77. The summed E-state index contributed by atoms with van der Waals surface area (Å²) in [6.07, 6.45) is 7.32. The maximum Gasteiger partial charge on any atom is 0.141 e. The van der Waals surface area contributed by atoms with Crippen molar-refractivity contribution in [2.75, 3.05) is 0 Å². The van der Waals surface area contributed by atoms with Crippen LogP contribution in [0.5, 0.6) is 0 Å². The SMILES string of the molecule is CCc1nn(CC)c(CC(=O)C2CCCC(CC)C2)c1Br. The lowest BCUT2D eigenvalue weighted by Crippen LogP contribution is -2.25. The molecule has 0 radical (unpaired) electrons. The minimum Gasteiger partial charge on any atom is -0.299 e. The summed E-state index contributed by atoms with van der Waals surface area (Å²) in [7, 11) is 0. The predicted octanol–water partition coefficient (Wildman–Crippen LogP) is 4.56. The Kier molecular flexibility index (Phi) is 6.03. The lowest BCUT2D eigenvalue weighted by Gasteiger charge is -2.27. The fourth-order valence-electron chi connectivity index (χ4n) is 3.45. The molecule has 118 valence electrons. The number of nitrogens with zero attached hydrogens (tertiary/aromatic N) is 2. The number of hydrogen-bond donors (Lipinski definition) is 0. The summed E-state index contributed by atoms with van der Waals surface area (Å²) >= 11 is 3.65. The van der Waals surface area contributed by atoms with E-state index in [0.29, 0.717) is 12.2 Å². The molecule has 1 aromatic heterocycles. The number of hydrogen-bond acceptors (Lipinski definition) is 2. The van der Waals surface area contributed by atoms with Crippen LogP contribution in [0.25, 0.3) is 0 Å². The van der Waals surface area contributed by atoms with Crippen LogP contribution in [0.15, 0.2) is 4.47 Å². The molecule has 1 aromatic rings. The molecule has 0 amide bonds. The number of ketones is 1. The molecular weight excluding hydrogens is 328 g/mol. The average Bonchev–Trinajstić information content (AvgIpc) is 2.83. The van der Waals surface area contributed by atoms with Crippen molar-refractivity contribution in [3.05, 3.63) is 15.9 Å². The summed E-state index contributed by atoms with van der Waals surface area (Å²) in [5.41, 5.74) is 2.13. The second-order valence-corrected chi connectivity index (χ2v) is 6.95. The second-order valence-electron chi connectivity index (χ2n) is 6.16. The Morgan fingerprint density at radius 3 is 2.71 bits per heavy atom. The van der Waals surface area contributed by atoms with E-state index in [9.17, 15) is 4.79 Å². The zero-order valence-corrected chi connectivity index (χ0v) is 15.1. The van der Waals surface area contributed by atoms with Crippen molar-refractivity contribution in [1.82, 2.24) is 9.78 Å². The molecule has 4 heteroatoms. The van der Waals surface area contributed by atoms with Crippen LogP contribution in [-0.4, -0.2) is 15.6 Å². The smallest absolute Gasteiger partial charge is 0.141 e. The first-order chi connectivity index (χ1) is 10.1. The zero-order valence-electron chi connectivity index (χ0n) is 13.5. The van der Waals surface area contributed by atoms with Gasteiger partial charge in [-0.05, 0) is 48.0 Å². The fraction of sp³-hybridized carbons (Fsp3) is 0.765. The topological polar surface area (TPSA) is 34.9 Å². The van der Waals surface area contributed by atoms with E-state index in [1.165, 1.54) is 19.3 Å². The number of carbonyl (C=O) groups is 1. The number of aromatic nitrogens is 2. The maximum absolute atomic E-state index is 12.7.